The number of ketones is 1. The Morgan fingerprint density at radius 1 is 0.433 bits per heavy atom. The molecule has 0 aromatic carbocycles. The molecule has 0 bridgehead atoms. The molecule has 0 aliphatic carbocycles. The van der Waals surface area contributed by atoms with E-state index in [1.165, 1.54) is 257 Å². The molecule has 0 amide bonds. The number of aliphatic hydroxyl groups is 5. The number of aliphatic hydroxyl groups excluding tert-OH is 5. The van der Waals surface area contributed by atoms with Crippen molar-refractivity contribution in [2.45, 2.75) is 463 Å². The summed E-state index contributed by atoms with van der Waals surface area (Å²) in [4.78, 5) is 10.7. The third-order valence-corrected chi connectivity index (χ3v) is 24.1. The Hall–Kier alpha value is 0.760. The summed E-state index contributed by atoms with van der Waals surface area (Å²) in [6.45, 7) is 24.2. The maximum Gasteiger partial charge on any atom is 1.00 e. The molecule has 5 aliphatic heterocycles. The van der Waals surface area contributed by atoms with Crippen LogP contribution in [0.2, 0.25) is 0 Å². The molecule has 0 saturated carbocycles. The van der Waals surface area contributed by atoms with Gasteiger partial charge in [-0.25, -0.2) is 16.8 Å². The summed E-state index contributed by atoms with van der Waals surface area (Å²) in [5.41, 5.74) is 0. The van der Waals surface area contributed by atoms with Crippen LogP contribution < -0.4 is 59.1 Å². The topological polar surface area (TPSA) is 398 Å². The Balaban J connectivity index is -0.000000444. The molecular formula is C89H179Na2O26S3-. The number of unbranched alkanes of at least 4 members (excludes halogenated alkanes) is 40. The van der Waals surface area contributed by atoms with Gasteiger partial charge in [-0.15, -0.1) is 0 Å². The van der Waals surface area contributed by atoms with Gasteiger partial charge in [0.05, 0.1) is 98.7 Å². The molecule has 120 heavy (non-hydrogen) atoms. The molecule has 4 atom stereocenters. The van der Waals surface area contributed by atoms with E-state index < -0.39 is 71.5 Å². The van der Waals surface area contributed by atoms with E-state index in [-0.39, 0.29) is 140 Å². The van der Waals surface area contributed by atoms with E-state index in [9.17, 15) is 44.3 Å². The summed E-state index contributed by atoms with van der Waals surface area (Å²) in [6, 6.07) is 0. The number of hydrogen-bond acceptors (Lipinski definition) is 26. The Kier molecular flexibility index (Phi) is 91.8. The molecule has 0 aromatic rings. The first kappa shape index (κ1) is 129. The Morgan fingerprint density at radius 2 is 0.725 bits per heavy atom. The first-order chi connectivity index (χ1) is 55.8. The van der Waals surface area contributed by atoms with Crippen molar-refractivity contribution in [1.82, 2.24) is 0 Å². The van der Waals surface area contributed by atoms with Crippen molar-refractivity contribution in [2.75, 3.05) is 103 Å². The van der Waals surface area contributed by atoms with Crippen LogP contribution in [0.4, 0.5) is 0 Å². The molecule has 5 heterocycles. The number of carbonyl (C=O) groups is 1. The van der Waals surface area contributed by atoms with E-state index >= 15 is 0 Å². The van der Waals surface area contributed by atoms with Crippen LogP contribution in [0.5, 0.6) is 0 Å². The second kappa shape index (κ2) is 85.2. The van der Waals surface area contributed by atoms with Crippen molar-refractivity contribution in [3.05, 3.63) is 0 Å². The molecule has 5 aliphatic rings. The molecule has 0 radical (unpaired) electrons. The Morgan fingerprint density at radius 3 is 1.00 bits per heavy atom. The van der Waals surface area contributed by atoms with Crippen molar-refractivity contribution in [3.63, 3.8) is 0 Å². The molecule has 5 saturated heterocycles. The van der Waals surface area contributed by atoms with Crippen LogP contribution >= 0.6 is 0 Å². The monoisotopic (exact) mass is 1810 g/mol. The predicted molar refractivity (Wildman–Crippen MR) is 467 cm³/mol. The summed E-state index contributed by atoms with van der Waals surface area (Å²) in [5, 5.41) is 42.4. The van der Waals surface area contributed by atoms with Crippen LogP contribution in [-0.2, 0) is 86.7 Å². The molecule has 0 spiro atoms. The van der Waals surface area contributed by atoms with Crippen molar-refractivity contribution in [1.29, 1.82) is 0 Å². The maximum absolute atomic E-state index is 10.7. The molecular weight excluding hydrogens is 1630 g/mol. The number of rotatable bonds is 64. The zero-order chi connectivity index (χ0) is 87.5. The number of ether oxygens (including phenoxy) is 10. The van der Waals surface area contributed by atoms with E-state index in [2.05, 4.69) is 38.8 Å². The second-order valence-electron chi connectivity index (χ2n) is 33.6. The number of hydrogen-bond donors (Lipinski definition) is 5. The minimum Gasteiger partial charge on any atom is -0.870 e. The largest absolute Gasteiger partial charge is 1.00 e. The van der Waals surface area contributed by atoms with Crippen LogP contribution in [0.1, 0.15) is 410 Å². The average molecular weight is 1810 g/mol. The predicted octanol–water partition coefficient (Wildman–Crippen LogP) is 12.4. The Bertz CT molecular complexity index is 2480. The molecule has 0 aromatic heterocycles. The molecule has 5 fully saturated rings. The van der Waals surface area contributed by atoms with Crippen LogP contribution in [0, 0.1) is 0 Å². The van der Waals surface area contributed by atoms with E-state index in [1.807, 2.05) is 27.7 Å². The minimum absolute atomic E-state index is 0. The first-order valence-corrected chi connectivity index (χ1v) is 51.4. The summed E-state index contributed by atoms with van der Waals surface area (Å²) in [5.74, 6) is -2.22. The van der Waals surface area contributed by atoms with Gasteiger partial charge < -0.3 is 92.3 Å². The fraction of sp³-hybridized carbons (Fsp3) is 0.989. The van der Waals surface area contributed by atoms with Gasteiger partial charge in [-0.2, -0.15) is 8.42 Å². The quantitative estimate of drug-likeness (QED) is 0.0163. The third-order valence-electron chi connectivity index (χ3n) is 21.2. The fourth-order valence-electron chi connectivity index (χ4n) is 13.8. The van der Waals surface area contributed by atoms with E-state index in [1.54, 1.807) is 6.92 Å². The van der Waals surface area contributed by atoms with E-state index in [0.29, 0.717) is 65.1 Å². The van der Waals surface area contributed by atoms with Gasteiger partial charge in [0.2, 0.25) is 0 Å². The molecule has 26 nitrogen and oxygen atoms in total. The number of Topliss-reactive ketones (excluding diaryl/α,β-unsaturated/α-hetero) is 1. The van der Waals surface area contributed by atoms with E-state index in [4.69, 9.17) is 67.8 Å². The first-order valence-electron chi connectivity index (χ1n) is 46.6. The van der Waals surface area contributed by atoms with Crippen molar-refractivity contribution in [3.8, 4) is 0 Å². The molecule has 31 heteroatoms. The number of carbonyl (C=O) groups excluding carboxylic acids is 1. The summed E-state index contributed by atoms with van der Waals surface area (Å²) in [6.07, 6.45) is 62.9. The fourth-order valence-corrected chi connectivity index (χ4v) is 15.7. The smallest absolute Gasteiger partial charge is 0.870 e. The molecule has 6 N–H and O–H groups in total. The molecule has 5 rings (SSSR count). The molecule has 712 valence electrons. The zero-order valence-electron chi connectivity index (χ0n) is 78.3. The van der Waals surface area contributed by atoms with Gasteiger partial charge >= 0.3 is 59.1 Å². The maximum atomic E-state index is 10.7. The van der Waals surface area contributed by atoms with Gasteiger partial charge in [-0.3, -0.25) is 4.18 Å². The van der Waals surface area contributed by atoms with Gasteiger partial charge in [0.25, 0.3) is 10.1 Å². The zero-order valence-corrected chi connectivity index (χ0v) is 84.7. The van der Waals surface area contributed by atoms with Crippen molar-refractivity contribution in [2.24, 2.45) is 0 Å². The average Bonchev–Trinajstić information content (AvgIpc) is 1.64. The second-order valence-corrected chi connectivity index (χ2v) is 38.4. The van der Waals surface area contributed by atoms with Gasteiger partial charge in [0, 0.05) is 56.8 Å². The van der Waals surface area contributed by atoms with Gasteiger partial charge in [0.15, 0.2) is 23.1 Å². The SMILES string of the molecule is CCCCCCCCCCCC(C)=O.CCCCCCCCCCCC1(C)OCC(CO)O1.CCCCCCCCCCCC1(C)OCC(COCCCS(=O)(=O)[O-])O1.CCCCCCCCCCCC1(C)OCC(O)CO1.CCCCCCCCCCCC1(C)OCC(OCCCS(=O)(=O)[O-])CO1.O=S1(=O)CCCO1.OCC(O)CO.[Na+].[Na+].[OH-]. The Labute approximate surface area is 777 Å². The van der Waals surface area contributed by atoms with Crippen LogP contribution in [-0.4, -0.2) is 228 Å². The minimum atomic E-state index is -4.16. The van der Waals surface area contributed by atoms with Crippen LogP contribution in [0.15, 0.2) is 0 Å². The van der Waals surface area contributed by atoms with Gasteiger partial charge in [-0.05, 0) is 86.0 Å². The van der Waals surface area contributed by atoms with Crippen LogP contribution in [0.25, 0.3) is 0 Å². The normalized spacial score (nSPS) is 22.3. The standard InChI is InChI=1S/2C19H38O6S.2C16H32O3.C13H26O.C3H6O3S.C3H8O3.2Na.H2O/c1-3-4-5-6-7-8-9-10-11-13-19(2)24-16-18(17-25-19)23-14-12-15-26(20,21)22;1-3-4-5-6-7-8-9-10-11-13-19(2)24-17-18(25-19)16-23-14-12-15-26(20,21)22;1-3-4-5-6-7-8-9-10-11-12-16(2)18-13-15(17)14-19-16;1-3-4-5-6-7-8-9-10-11-12-16(2)18-14-15(13-17)19-16;1-3-4-5-6-7-8-9-10-11-12-13(2)14;4-7(5)3-1-2-6-7;4-1-3(6)2-5;;;/h2*18H,3-17H2,1-2H3,(H,20,21,22);2*15,17H,3-14H2,1-2H3;3-12H2,1-2H3;1-3H2;3-6H,1-2H2;;;1H2/q;;;;;;;2*+1;/p-3. The van der Waals surface area contributed by atoms with Gasteiger partial charge in [0.1, 0.15) is 36.3 Å². The van der Waals surface area contributed by atoms with Gasteiger partial charge in [-0.1, -0.05) is 291 Å². The molecule has 4 unspecified atom stereocenters. The van der Waals surface area contributed by atoms with E-state index in [0.717, 1.165) is 64.2 Å². The summed E-state index contributed by atoms with van der Waals surface area (Å²) < 4.78 is 145. The van der Waals surface area contributed by atoms with Crippen LogP contribution in [0.3, 0.4) is 0 Å². The van der Waals surface area contributed by atoms with Crippen molar-refractivity contribution < 1.29 is 181 Å². The summed E-state index contributed by atoms with van der Waals surface area (Å²) >= 11 is 0. The third kappa shape index (κ3) is 86.8. The van der Waals surface area contributed by atoms with Crippen molar-refractivity contribution >= 4 is 36.1 Å². The summed E-state index contributed by atoms with van der Waals surface area (Å²) in [7, 11) is -11.4.